The lowest BCUT2D eigenvalue weighted by Gasteiger charge is -2.31. The summed E-state index contributed by atoms with van der Waals surface area (Å²) in [5.41, 5.74) is 10.7. The van der Waals surface area contributed by atoms with Gasteiger partial charge in [0.1, 0.15) is 0 Å². The number of morpholine rings is 1. The average Bonchev–Trinajstić information content (AvgIpc) is 2.72. The van der Waals surface area contributed by atoms with E-state index in [1.807, 2.05) is 56.3 Å². The standard InChI is InChI=1S/C23H23N3O3/c1-14-7-8-16(15(2)11-14)20-12-18(17-5-3-4-6-19(17)25-20)23(28)26-9-10-29-21(13-26)22(24)27/h3-8,11-12,21H,9-10,13H2,1-2H3,(H2,24,27)/t21-/m0/s1. The summed E-state index contributed by atoms with van der Waals surface area (Å²) in [4.78, 5) is 31.3. The third-order valence-corrected chi connectivity index (χ3v) is 5.28. The predicted molar refractivity (Wildman–Crippen MR) is 111 cm³/mol. The zero-order valence-corrected chi connectivity index (χ0v) is 16.5. The van der Waals surface area contributed by atoms with Crippen LogP contribution in [0.1, 0.15) is 21.5 Å². The number of aryl methyl sites for hydroxylation is 2. The van der Waals surface area contributed by atoms with Gasteiger partial charge in [-0.05, 0) is 31.5 Å². The minimum Gasteiger partial charge on any atom is -0.367 e. The van der Waals surface area contributed by atoms with Crippen LogP contribution in [-0.4, -0.2) is 47.5 Å². The van der Waals surface area contributed by atoms with Crippen molar-refractivity contribution in [3.05, 3.63) is 65.2 Å². The summed E-state index contributed by atoms with van der Waals surface area (Å²) < 4.78 is 5.38. The van der Waals surface area contributed by atoms with Gasteiger partial charge in [-0.3, -0.25) is 9.59 Å². The second kappa shape index (κ2) is 7.64. The summed E-state index contributed by atoms with van der Waals surface area (Å²) in [7, 11) is 0. The van der Waals surface area contributed by atoms with Crippen LogP contribution in [0.2, 0.25) is 0 Å². The molecule has 0 spiro atoms. The van der Waals surface area contributed by atoms with Gasteiger partial charge in [-0.2, -0.15) is 0 Å². The number of hydrogen-bond acceptors (Lipinski definition) is 4. The Balaban J connectivity index is 1.81. The van der Waals surface area contributed by atoms with E-state index in [1.165, 1.54) is 5.56 Å². The maximum absolute atomic E-state index is 13.4. The Morgan fingerprint density at radius 1 is 1.14 bits per heavy atom. The van der Waals surface area contributed by atoms with Gasteiger partial charge in [0.15, 0.2) is 6.10 Å². The Bertz CT molecular complexity index is 1110. The molecule has 2 aromatic carbocycles. The number of ether oxygens (including phenoxy) is 1. The highest BCUT2D eigenvalue weighted by Gasteiger charge is 2.29. The topological polar surface area (TPSA) is 85.5 Å². The van der Waals surface area contributed by atoms with Crippen LogP contribution in [0.3, 0.4) is 0 Å². The van der Waals surface area contributed by atoms with E-state index in [1.54, 1.807) is 4.90 Å². The van der Waals surface area contributed by atoms with Crippen LogP contribution in [0.4, 0.5) is 0 Å². The number of nitrogens with zero attached hydrogens (tertiary/aromatic N) is 2. The van der Waals surface area contributed by atoms with Crippen LogP contribution in [0.15, 0.2) is 48.5 Å². The van der Waals surface area contributed by atoms with Crippen molar-refractivity contribution in [2.24, 2.45) is 5.73 Å². The van der Waals surface area contributed by atoms with Crippen LogP contribution in [-0.2, 0) is 9.53 Å². The molecule has 1 aliphatic rings. The zero-order valence-electron chi connectivity index (χ0n) is 16.5. The smallest absolute Gasteiger partial charge is 0.254 e. The van der Waals surface area contributed by atoms with Crippen molar-refractivity contribution in [2.45, 2.75) is 20.0 Å². The van der Waals surface area contributed by atoms with Gasteiger partial charge in [-0.1, -0.05) is 42.0 Å². The SMILES string of the molecule is Cc1ccc(-c2cc(C(=O)N3CCO[C@H](C(N)=O)C3)c3ccccc3n2)c(C)c1. The number of primary amides is 1. The molecule has 3 aromatic rings. The largest absolute Gasteiger partial charge is 0.367 e. The fourth-order valence-electron chi connectivity index (χ4n) is 3.77. The molecule has 1 aliphatic heterocycles. The Morgan fingerprint density at radius 2 is 1.93 bits per heavy atom. The molecule has 1 fully saturated rings. The lowest BCUT2D eigenvalue weighted by atomic mass is 9.99. The molecule has 1 saturated heterocycles. The molecule has 6 heteroatoms. The molecule has 2 amide bonds. The number of fused-ring (bicyclic) bond motifs is 1. The van der Waals surface area contributed by atoms with Crippen molar-refractivity contribution in [1.29, 1.82) is 0 Å². The second-order valence-corrected chi connectivity index (χ2v) is 7.40. The molecule has 0 bridgehead atoms. The molecule has 2 N–H and O–H groups in total. The molecule has 2 heterocycles. The molecule has 0 unspecified atom stereocenters. The lowest BCUT2D eigenvalue weighted by Crippen LogP contribution is -2.50. The number of rotatable bonds is 3. The molecule has 0 saturated carbocycles. The van der Waals surface area contributed by atoms with Gasteiger partial charge in [0.2, 0.25) is 5.91 Å². The third-order valence-electron chi connectivity index (χ3n) is 5.28. The zero-order chi connectivity index (χ0) is 20.5. The van der Waals surface area contributed by atoms with Gasteiger partial charge < -0.3 is 15.4 Å². The van der Waals surface area contributed by atoms with Crippen molar-refractivity contribution >= 4 is 22.7 Å². The highest BCUT2D eigenvalue weighted by molar-refractivity contribution is 6.07. The molecule has 148 valence electrons. The number of nitrogens with two attached hydrogens (primary N) is 1. The summed E-state index contributed by atoms with van der Waals surface area (Å²) in [5, 5.41) is 0.785. The Hall–Kier alpha value is -3.25. The predicted octanol–water partition coefficient (Wildman–Crippen LogP) is 2.84. The number of benzene rings is 2. The second-order valence-electron chi connectivity index (χ2n) is 7.40. The number of carbonyl (C=O) groups excluding carboxylic acids is 2. The van der Waals surface area contributed by atoms with Crippen molar-refractivity contribution < 1.29 is 14.3 Å². The van der Waals surface area contributed by atoms with Crippen molar-refractivity contribution in [2.75, 3.05) is 19.7 Å². The first-order valence-electron chi connectivity index (χ1n) is 9.61. The number of pyridine rings is 1. The fraction of sp³-hybridized carbons (Fsp3) is 0.261. The Kier molecular flexibility index (Phi) is 5.03. The van der Waals surface area contributed by atoms with E-state index < -0.39 is 12.0 Å². The third kappa shape index (κ3) is 3.71. The van der Waals surface area contributed by atoms with Crippen LogP contribution >= 0.6 is 0 Å². The van der Waals surface area contributed by atoms with Gasteiger partial charge in [0, 0.05) is 17.5 Å². The molecular weight excluding hydrogens is 366 g/mol. The van der Waals surface area contributed by atoms with Crippen molar-refractivity contribution in [3.8, 4) is 11.3 Å². The van der Waals surface area contributed by atoms with E-state index in [0.29, 0.717) is 12.1 Å². The quantitative estimate of drug-likeness (QED) is 0.746. The van der Waals surface area contributed by atoms with E-state index in [0.717, 1.165) is 27.7 Å². The van der Waals surface area contributed by atoms with Crippen LogP contribution in [0.25, 0.3) is 22.2 Å². The molecule has 0 radical (unpaired) electrons. The van der Waals surface area contributed by atoms with Gasteiger partial charge in [-0.15, -0.1) is 0 Å². The summed E-state index contributed by atoms with van der Waals surface area (Å²) in [6.45, 7) is 4.95. The summed E-state index contributed by atoms with van der Waals surface area (Å²) in [5.74, 6) is -0.706. The Labute approximate surface area is 169 Å². The van der Waals surface area contributed by atoms with Crippen LogP contribution < -0.4 is 5.73 Å². The minimum absolute atomic E-state index is 0.149. The minimum atomic E-state index is -0.778. The van der Waals surface area contributed by atoms with E-state index in [2.05, 4.69) is 6.07 Å². The normalized spacial score (nSPS) is 16.8. The maximum atomic E-state index is 13.4. The number of hydrogen-bond donors (Lipinski definition) is 1. The highest BCUT2D eigenvalue weighted by atomic mass is 16.5. The molecule has 4 rings (SSSR count). The average molecular weight is 389 g/mol. The summed E-state index contributed by atoms with van der Waals surface area (Å²) in [6, 6.07) is 15.6. The molecular formula is C23H23N3O3. The summed E-state index contributed by atoms with van der Waals surface area (Å²) >= 11 is 0. The van der Waals surface area contributed by atoms with E-state index >= 15 is 0 Å². The van der Waals surface area contributed by atoms with Gasteiger partial charge >= 0.3 is 0 Å². The van der Waals surface area contributed by atoms with Gasteiger partial charge in [0.05, 0.1) is 29.9 Å². The molecule has 1 atom stereocenters. The number of carbonyl (C=O) groups is 2. The van der Waals surface area contributed by atoms with E-state index in [-0.39, 0.29) is 19.1 Å². The monoisotopic (exact) mass is 389 g/mol. The van der Waals surface area contributed by atoms with Crippen LogP contribution in [0, 0.1) is 13.8 Å². The van der Waals surface area contributed by atoms with Gasteiger partial charge in [-0.25, -0.2) is 4.98 Å². The number of aromatic nitrogens is 1. The first-order chi connectivity index (χ1) is 13.9. The molecule has 29 heavy (non-hydrogen) atoms. The van der Waals surface area contributed by atoms with Crippen molar-refractivity contribution in [1.82, 2.24) is 9.88 Å². The molecule has 0 aliphatic carbocycles. The number of amides is 2. The highest BCUT2D eigenvalue weighted by Crippen LogP contribution is 2.28. The van der Waals surface area contributed by atoms with E-state index in [4.69, 9.17) is 15.5 Å². The Morgan fingerprint density at radius 3 is 2.69 bits per heavy atom. The number of para-hydroxylation sites is 1. The van der Waals surface area contributed by atoms with E-state index in [9.17, 15) is 9.59 Å². The van der Waals surface area contributed by atoms with Gasteiger partial charge in [0.25, 0.3) is 5.91 Å². The maximum Gasteiger partial charge on any atom is 0.254 e. The summed E-state index contributed by atoms with van der Waals surface area (Å²) in [6.07, 6.45) is -0.778. The molecule has 6 nitrogen and oxygen atoms in total. The van der Waals surface area contributed by atoms with Crippen LogP contribution in [0.5, 0.6) is 0 Å². The lowest BCUT2D eigenvalue weighted by molar-refractivity contribution is -0.133. The van der Waals surface area contributed by atoms with Crippen molar-refractivity contribution in [3.63, 3.8) is 0 Å². The fourth-order valence-corrected chi connectivity index (χ4v) is 3.77. The first-order valence-corrected chi connectivity index (χ1v) is 9.61. The molecule has 1 aromatic heterocycles. The first kappa shape index (κ1) is 19.1.